The highest BCUT2D eigenvalue weighted by Gasteiger charge is 2.42. The van der Waals surface area contributed by atoms with Gasteiger partial charge in [-0.25, -0.2) is 4.79 Å². The third-order valence-electron chi connectivity index (χ3n) is 2.56. The average Bonchev–Trinajstić information content (AvgIpc) is 2.35. The van der Waals surface area contributed by atoms with Crippen molar-refractivity contribution in [1.82, 2.24) is 9.80 Å². The van der Waals surface area contributed by atoms with Gasteiger partial charge in [-0.1, -0.05) is 13.8 Å². The van der Waals surface area contributed by atoms with Crippen molar-refractivity contribution in [1.29, 1.82) is 0 Å². The van der Waals surface area contributed by atoms with Crippen LogP contribution in [0.2, 0.25) is 0 Å². The molecule has 1 fully saturated rings. The van der Waals surface area contributed by atoms with E-state index in [1.54, 1.807) is 0 Å². The van der Waals surface area contributed by atoms with Crippen molar-refractivity contribution >= 4 is 11.9 Å². The minimum Gasteiger partial charge on any atom is -0.395 e. The molecule has 15 heavy (non-hydrogen) atoms. The quantitative estimate of drug-likeness (QED) is 0.684. The molecule has 0 spiro atoms. The number of imide groups is 1. The molecule has 0 aromatic heterocycles. The van der Waals surface area contributed by atoms with E-state index in [4.69, 9.17) is 5.11 Å². The smallest absolute Gasteiger partial charge is 0.327 e. The summed E-state index contributed by atoms with van der Waals surface area (Å²) in [5.41, 5.74) is 0. The lowest BCUT2D eigenvalue weighted by Crippen LogP contribution is -2.38. The number of aliphatic hydroxyl groups excluding tert-OH is 1. The highest BCUT2D eigenvalue weighted by molar-refractivity contribution is 6.03. The summed E-state index contributed by atoms with van der Waals surface area (Å²) in [5.74, 6) is 0.182. The van der Waals surface area contributed by atoms with Crippen LogP contribution in [0, 0.1) is 5.92 Å². The van der Waals surface area contributed by atoms with Crippen molar-refractivity contribution in [2.45, 2.75) is 26.3 Å². The van der Waals surface area contributed by atoms with Gasteiger partial charge in [-0.05, 0) is 12.3 Å². The molecular formula is C10H18N2O3. The highest BCUT2D eigenvalue weighted by Crippen LogP contribution is 2.21. The van der Waals surface area contributed by atoms with Gasteiger partial charge in [0.05, 0.1) is 6.61 Å². The van der Waals surface area contributed by atoms with Gasteiger partial charge < -0.3 is 10.0 Å². The van der Waals surface area contributed by atoms with Crippen LogP contribution in [-0.4, -0.2) is 53.1 Å². The Morgan fingerprint density at radius 1 is 1.40 bits per heavy atom. The van der Waals surface area contributed by atoms with E-state index in [2.05, 4.69) is 0 Å². The van der Waals surface area contributed by atoms with Gasteiger partial charge >= 0.3 is 6.03 Å². The summed E-state index contributed by atoms with van der Waals surface area (Å²) in [6.07, 6.45) is 0.648. The number of hydrogen-bond acceptors (Lipinski definition) is 3. The fraction of sp³-hybridized carbons (Fsp3) is 0.800. The Morgan fingerprint density at radius 2 is 2.00 bits per heavy atom. The molecule has 5 heteroatoms. The first-order valence-corrected chi connectivity index (χ1v) is 5.18. The van der Waals surface area contributed by atoms with Crippen molar-refractivity contribution in [3.63, 3.8) is 0 Å². The van der Waals surface area contributed by atoms with Crippen LogP contribution in [0.4, 0.5) is 4.79 Å². The zero-order valence-corrected chi connectivity index (χ0v) is 9.43. The van der Waals surface area contributed by atoms with E-state index in [0.29, 0.717) is 12.3 Å². The van der Waals surface area contributed by atoms with Crippen molar-refractivity contribution in [3.8, 4) is 0 Å². The van der Waals surface area contributed by atoms with E-state index in [1.807, 2.05) is 13.8 Å². The molecule has 0 aromatic rings. The lowest BCUT2D eigenvalue weighted by molar-refractivity contribution is -0.127. The predicted molar refractivity (Wildman–Crippen MR) is 55.2 cm³/mol. The lowest BCUT2D eigenvalue weighted by Gasteiger charge is -2.21. The number of hydrogen-bond donors (Lipinski definition) is 1. The summed E-state index contributed by atoms with van der Waals surface area (Å²) in [6.45, 7) is 4.13. The second-order valence-corrected chi connectivity index (χ2v) is 4.24. The minimum atomic E-state index is -0.394. The SMILES string of the molecule is CC(C)CC1C(=O)N(C)C(=O)N1CCO. The van der Waals surface area contributed by atoms with E-state index in [1.165, 1.54) is 11.9 Å². The fourth-order valence-electron chi connectivity index (χ4n) is 1.81. The van der Waals surface area contributed by atoms with Crippen LogP contribution in [0.5, 0.6) is 0 Å². The summed E-state index contributed by atoms with van der Waals surface area (Å²) < 4.78 is 0. The zero-order chi connectivity index (χ0) is 11.6. The summed E-state index contributed by atoms with van der Waals surface area (Å²) in [7, 11) is 1.48. The van der Waals surface area contributed by atoms with Gasteiger partial charge in [0.2, 0.25) is 0 Å². The van der Waals surface area contributed by atoms with Gasteiger partial charge in [0.1, 0.15) is 6.04 Å². The van der Waals surface area contributed by atoms with Crippen LogP contribution in [-0.2, 0) is 4.79 Å². The molecule has 0 saturated carbocycles. The van der Waals surface area contributed by atoms with Crippen molar-refractivity contribution in [2.24, 2.45) is 5.92 Å². The topological polar surface area (TPSA) is 60.9 Å². The molecule has 0 radical (unpaired) electrons. The largest absolute Gasteiger partial charge is 0.395 e. The van der Waals surface area contributed by atoms with E-state index in [9.17, 15) is 9.59 Å². The third-order valence-corrected chi connectivity index (χ3v) is 2.56. The van der Waals surface area contributed by atoms with Gasteiger partial charge in [0.25, 0.3) is 5.91 Å². The van der Waals surface area contributed by atoms with E-state index < -0.39 is 6.04 Å². The highest BCUT2D eigenvalue weighted by atomic mass is 16.3. The molecule has 1 heterocycles. The summed E-state index contributed by atoms with van der Waals surface area (Å²) in [4.78, 5) is 25.9. The molecule has 0 bridgehead atoms. The zero-order valence-electron chi connectivity index (χ0n) is 9.43. The van der Waals surface area contributed by atoms with Crippen molar-refractivity contribution in [3.05, 3.63) is 0 Å². The normalized spacial score (nSPS) is 22.1. The number of urea groups is 1. The Balaban J connectivity index is 2.80. The summed E-state index contributed by atoms with van der Waals surface area (Å²) >= 11 is 0. The number of carbonyl (C=O) groups is 2. The van der Waals surface area contributed by atoms with E-state index >= 15 is 0 Å². The average molecular weight is 214 g/mol. The molecule has 1 unspecified atom stereocenters. The van der Waals surface area contributed by atoms with Gasteiger partial charge in [0.15, 0.2) is 0 Å². The van der Waals surface area contributed by atoms with Crippen LogP contribution >= 0.6 is 0 Å². The molecule has 1 rings (SSSR count). The minimum absolute atomic E-state index is 0.110. The monoisotopic (exact) mass is 214 g/mol. The summed E-state index contributed by atoms with van der Waals surface area (Å²) in [5, 5.41) is 8.85. The Hall–Kier alpha value is -1.10. The Morgan fingerprint density at radius 3 is 2.47 bits per heavy atom. The molecular weight excluding hydrogens is 196 g/mol. The fourth-order valence-corrected chi connectivity index (χ4v) is 1.81. The first-order chi connectivity index (χ1) is 6.99. The Kier molecular flexibility index (Phi) is 3.68. The maximum atomic E-state index is 11.7. The van der Waals surface area contributed by atoms with Crippen LogP contribution in [0.25, 0.3) is 0 Å². The van der Waals surface area contributed by atoms with Gasteiger partial charge in [-0.15, -0.1) is 0 Å². The number of β-amino-alcohol motifs (C(OH)–C–C–N with tert-alkyl or cyclic N) is 1. The molecule has 3 amide bonds. The Labute approximate surface area is 89.7 Å². The molecule has 1 aliphatic heterocycles. The van der Waals surface area contributed by atoms with Gasteiger partial charge in [-0.3, -0.25) is 9.69 Å². The van der Waals surface area contributed by atoms with Crippen LogP contribution in [0.1, 0.15) is 20.3 Å². The molecule has 1 N–H and O–H groups in total. The molecule has 1 aliphatic rings. The molecule has 5 nitrogen and oxygen atoms in total. The molecule has 1 saturated heterocycles. The second kappa shape index (κ2) is 4.61. The van der Waals surface area contributed by atoms with Crippen molar-refractivity contribution in [2.75, 3.05) is 20.2 Å². The standard InChI is InChI=1S/C10H18N2O3/c1-7(2)6-8-9(14)11(3)10(15)12(8)4-5-13/h7-8,13H,4-6H2,1-3H3. The number of aliphatic hydroxyl groups is 1. The summed E-state index contributed by atoms with van der Waals surface area (Å²) in [6, 6.07) is -0.700. The Bertz CT molecular complexity index is 265. The maximum Gasteiger partial charge on any atom is 0.327 e. The number of carbonyl (C=O) groups excluding carboxylic acids is 2. The van der Waals surface area contributed by atoms with Crippen molar-refractivity contribution < 1.29 is 14.7 Å². The number of nitrogens with zero attached hydrogens (tertiary/aromatic N) is 2. The first-order valence-electron chi connectivity index (χ1n) is 5.18. The number of amides is 3. The molecule has 86 valence electrons. The van der Waals surface area contributed by atoms with Gasteiger partial charge in [-0.2, -0.15) is 0 Å². The molecule has 0 aliphatic carbocycles. The van der Waals surface area contributed by atoms with Crippen LogP contribution in [0.15, 0.2) is 0 Å². The predicted octanol–water partition coefficient (Wildman–Crippen LogP) is 0.287. The first kappa shape index (κ1) is 12.0. The van der Waals surface area contributed by atoms with Crippen LogP contribution < -0.4 is 0 Å². The van der Waals surface area contributed by atoms with Gasteiger partial charge in [0, 0.05) is 13.6 Å². The maximum absolute atomic E-state index is 11.7. The molecule has 1 atom stereocenters. The van der Waals surface area contributed by atoms with E-state index in [-0.39, 0.29) is 25.1 Å². The second-order valence-electron chi connectivity index (χ2n) is 4.24. The van der Waals surface area contributed by atoms with Crippen LogP contribution in [0.3, 0.4) is 0 Å². The lowest BCUT2D eigenvalue weighted by atomic mass is 10.0. The third kappa shape index (κ3) is 2.28. The number of rotatable bonds is 4. The van der Waals surface area contributed by atoms with E-state index in [0.717, 1.165) is 4.90 Å². The molecule has 0 aromatic carbocycles. The number of likely N-dealkylation sites (N-methyl/N-ethyl adjacent to an activating group) is 1.